The minimum absolute atomic E-state index is 0.257. The zero-order valence-corrected chi connectivity index (χ0v) is 22.0. The van der Waals surface area contributed by atoms with Crippen molar-refractivity contribution >= 4 is 34.3 Å². The number of pyridine rings is 1. The molecule has 0 radical (unpaired) electrons. The highest BCUT2D eigenvalue weighted by atomic mass is 16.6. The molecule has 196 valence electrons. The number of nitrogens with one attached hydrogen (secondary N) is 1. The lowest BCUT2D eigenvalue weighted by Crippen LogP contribution is -2.50. The molecule has 1 fully saturated rings. The van der Waals surface area contributed by atoms with Gasteiger partial charge >= 0.3 is 6.09 Å². The van der Waals surface area contributed by atoms with Gasteiger partial charge in [-0.15, -0.1) is 0 Å². The van der Waals surface area contributed by atoms with Crippen molar-refractivity contribution in [2.24, 2.45) is 7.05 Å². The number of hydrogen-bond acceptors (Lipinski definition) is 7. The molecule has 0 bridgehead atoms. The first kappa shape index (κ1) is 25.2. The Kier molecular flexibility index (Phi) is 6.71. The molecule has 4 heterocycles. The average molecular weight is 514 g/mol. The Bertz CT molecular complexity index is 1480. The van der Waals surface area contributed by atoms with E-state index >= 15 is 0 Å². The number of benzene rings is 1. The minimum atomic E-state index is -0.536. The topological polar surface area (TPSA) is 105 Å². The lowest BCUT2D eigenvalue weighted by Gasteiger charge is -2.37. The maximum atomic E-state index is 13.2. The number of hydrogen-bond donors (Lipinski definition) is 1. The molecule has 0 unspecified atom stereocenters. The van der Waals surface area contributed by atoms with Gasteiger partial charge in [-0.05, 0) is 57.2 Å². The predicted octanol–water partition coefficient (Wildman–Crippen LogP) is 4.34. The Morgan fingerprint density at radius 3 is 2.55 bits per heavy atom. The van der Waals surface area contributed by atoms with Gasteiger partial charge in [-0.3, -0.25) is 9.78 Å². The van der Waals surface area contributed by atoms with Crippen LogP contribution in [0.3, 0.4) is 0 Å². The van der Waals surface area contributed by atoms with E-state index in [0.717, 1.165) is 22.2 Å². The molecule has 3 aromatic heterocycles. The Hall–Kier alpha value is -4.47. The molecule has 1 aromatic carbocycles. The SMILES string of the molecule is Cn1ccc2cc(-c3nccc(C(=O)Nc4cnccc4N4CCN(C(=O)OC(C)(C)C)CC4)n3)ccc21. The minimum Gasteiger partial charge on any atom is -0.444 e. The molecule has 1 aliphatic rings. The lowest BCUT2D eigenvalue weighted by molar-refractivity contribution is 0.0240. The van der Waals surface area contributed by atoms with Gasteiger partial charge < -0.3 is 24.4 Å². The van der Waals surface area contributed by atoms with Gasteiger partial charge in [0.05, 0.1) is 17.6 Å². The van der Waals surface area contributed by atoms with Gasteiger partial charge in [-0.25, -0.2) is 14.8 Å². The molecule has 4 aromatic rings. The number of amides is 2. The summed E-state index contributed by atoms with van der Waals surface area (Å²) in [6.07, 6.45) is 6.59. The molecule has 10 nitrogen and oxygen atoms in total. The summed E-state index contributed by atoms with van der Waals surface area (Å²) in [7, 11) is 2.00. The summed E-state index contributed by atoms with van der Waals surface area (Å²) in [4.78, 5) is 42.6. The number of nitrogens with zero attached hydrogens (tertiary/aromatic N) is 6. The summed E-state index contributed by atoms with van der Waals surface area (Å²) < 4.78 is 7.54. The Morgan fingerprint density at radius 2 is 1.79 bits per heavy atom. The van der Waals surface area contributed by atoms with Crippen molar-refractivity contribution < 1.29 is 14.3 Å². The first-order chi connectivity index (χ1) is 18.2. The second-order valence-electron chi connectivity index (χ2n) is 10.3. The van der Waals surface area contributed by atoms with Crippen LogP contribution in [0.4, 0.5) is 16.2 Å². The highest BCUT2D eigenvalue weighted by Gasteiger charge is 2.27. The lowest BCUT2D eigenvalue weighted by atomic mass is 10.1. The van der Waals surface area contributed by atoms with Crippen molar-refractivity contribution in [1.82, 2.24) is 24.4 Å². The van der Waals surface area contributed by atoms with Crippen LogP contribution in [0.2, 0.25) is 0 Å². The Labute approximate surface area is 221 Å². The fourth-order valence-corrected chi connectivity index (χ4v) is 4.45. The van der Waals surface area contributed by atoms with Crippen molar-refractivity contribution in [3.63, 3.8) is 0 Å². The smallest absolute Gasteiger partial charge is 0.410 e. The number of aromatic nitrogens is 4. The monoisotopic (exact) mass is 513 g/mol. The molecule has 2 amide bonds. The number of fused-ring (bicyclic) bond motifs is 1. The van der Waals surface area contributed by atoms with E-state index in [4.69, 9.17) is 4.74 Å². The van der Waals surface area contributed by atoms with E-state index in [1.54, 1.807) is 29.6 Å². The summed E-state index contributed by atoms with van der Waals surface area (Å²) in [6.45, 7) is 7.81. The van der Waals surface area contributed by atoms with Crippen LogP contribution in [-0.2, 0) is 11.8 Å². The Morgan fingerprint density at radius 1 is 1.00 bits per heavy atom. The fraction of sp³-hybridized carbons (Fsp3) is 0.321. The number of aryl methyl sites for hydroxylation is 1. The number of carbonyl (C=O) groups is 2. The molecule has 1 aliphatic heterocycles. The molecule has 0 aliphatic carbocycles. The van der Waals surface area contributed by atoms with Gasteiger partial charge in [-0.2, -0.15) is 0 Å². The van der Waals surface area contributed by atoms with E-state index in [1.165, 1.54) is 0 Å². The third kappa shape index (κ3) is 5.44. The molecule has 1 saturated heterocycles. The predicted molar refractivity (Wildman–Crippen MR) is 146 cm³/mol. The fourth-order valence-electron chi connectivity index (χ4n) is 4.45. The van der Waals surface area contributed by atoms with E-state index in [-0.39, 0.29) is 17.7 Å². The van der Waals surface area contributed by atoms with Crippen molar-refractivity contribution in [2.45, 2.75) is 26.4 Å². The van der Waals surface area contributed by atoms with Crippen LogP contribution in [0.5, 0.6) is 0 Å². The van der Waals surface area contributed by atoms with Crippen molar-refractivity contribution in [1.29, 1.82) is 0 Å². The summed E-state index contributed by atoms with van der Waals surface area (Å²) in [5, 5.41) is 4.04. The van der Waals surface area contributed by atoms with Crippen LogP contribution in [0.1, 0.15) is 31.3 Å². The second-order valence-corrected chi connectivity index (χ2v) is 10.3. The van der Waals surface area contributed by atoms with E-state index in [2.05, 4.69) is 25.2 Å². The van der Waals surface area contributed by atoms with Gasteiger partial charge in [0, 0.05) is 68.3 Å². The molecule has 5 rings (SSSR count). The summed E-state index contributed by atoms with van der Waals surface area (Å²) in [6, 6.07) is 11.5. The van der Waals surface area contributed by atoms with Crippen molar-refractivity contribution in [3.05, 3.63) is 66.9 Å². The van der Waals surface area contributed by atoms with Crippen LogP contribution < -0.4 is 10.2 Å². The molecule has 0 atom stereocenters. The quantitative estimate of drug-likeness (QED) is 0.433. The first-order valence-corrected chi connectivity index (χ1v) is 12.5. The number of ether oxygens (including phenoxy) is 1. The maximum Gasteiger partial charge on any atom is 0.410 e. The summed E-state index contributed by atoms with van der Waals surface area (Å²) >= 11 is 0. The maximum absolute atomic E-state index is 13.2. The number of rotatable bonds is 4. The molecule has 38 heavy (non-hydrogen) atoms. The Balaban J connectivity index is 1.29. The van der Waals surface area contributed by atoms with Gasteiger partial charge in [0.2, 0.25) is 0 Å². The summed E-state index contributed by atoms with van der Waals surface area (Å²) in [5.41, 5.74) is 3.08. The molecule has 10 heteroatoms. The van der Waals surface area contributed by atoms with Crippen molar-refractivity contribution in [3.8, 4) is 11.4 Å². The third-order valence-electron chi connectivity index (χ3n) is 6.35. The van der Waals surface area contributed by atoms with Gasteiger partial charge in [0.25, 0.3) is 5.91 Å². The largest absolute Gasteiger partial charge is 0.444 e. The second kappa shape index (κ2) is 10.1. The first-order valence-electron chi connectivity index (χ1n) is 12.5. The third-order valence-corrected chi connectivity index (χ3v) is 6.35. The average Bonchev–Trinajstić information content (AvgIpc) is 3.28. The number of piperazine rings is 1. The normalized spacial score (nSPS) is 14.0. The summed E-state index contributed by atoms with van der Waals surface area (Å²) in [5.74, 6) is 0.129. The van der Waals surface area contributed by atoms with E-state index in [0.29, 0.717) is 37.7 Å². The highest BCUT2D eigenvalue weighted by molar-refractivity contribution is 6.04. The van der Waals surface area contributed by atoms with Crippen LogP contribution >= 0.6 is 0 Å². The zero-order valence-electron chi connectivity index (χ0n) is 22.0. The van der Waals surface area contributed by atoms with Crippen LogP contribution in [-0.4, -0.2) is 68.2 Å². The van der Waals surface area contributed by atoms with Crippen molar-refractivity contribution in [2.75, 3.05) is 36.4 Å². The number of anilines is 2. The zero-order chi connectivity index (χ0) is 26.9. The number of carbonyl (C=O) groups excluding carboxylic acids is 2. The molecule has 1 N–H and O–H groups in total. The highest BCUT2D eigenvalue weighted by Crippen LogP contribution is 2.27. The van der Waals surface area contributed by atoms with E-state index in [1.807, 2.05) is 68.9 Å². The molecular weight excluding hydrogens is 482 g/mol. The van der Waals surface area contributed by atoms with E-state index in [9.17, 15) is 9.59 Å². The van der Waals surface area contributed by atoms with Crippen LogP contribution in [0.25, 0.3) is 22.3 Å². The van der Waals surface area contributed by atoms with Gasteiger partial charge in [-0.1, -0.05) is 0 Å². The van der Waals surface area contributed by atoms with Gasteiger partial charge in [0.15, 0.2) is 5.82 Å². The van der Waals surface area contributed by atoms with Gasteiger partial charge in [0.1, 0.15) is 11.3 Å². The molecule has 0 saturated carbocycles. The van der Waals surface area contributed by atoms with Crippen LogP contribution in [0, 0.1) is 0 Å². The molecule has 0 spiro atoms. The molecular formula is C28H31N7O3. The standard InChI is InChI=1S/C28H31N7O3/c1-28(2,3)38-27(37)35-15-13-34(14-16-35)24-8-10-29-18-22(24)32-26(36)21-7-11-30-25(31-21)20-5-6-23-19(17-20)9-12-33(23)4/h5-12,17-18H,13-16H2,1-4H3,(H,32,36). The van der Waals surface area contributed by atoms with Crippen LogP contribution in [0.15, 0.2) is 61.2 Å². The van der Waals surface area contributed by atoms with E-state index < -0.39 is 5.60 Å².